The molecule has 0 nitrogen and oxygen atoms in total. The number of thiophene rings is 1. The van der Waals surface area contributed by atoms with E-state index in [0.29, 0.717) is 0 Å². The van der Waals surface area contributed by atoms with Gasteiger partial charge in [0.2, 0.25) is 0 Å². The zero-order chi connectivity index (χ0) is 28.3. The van der Waals surface area contributed by atoms with Gasteiger partial charge in [-0.2, -0.15) is 0 Å². The Morgan fingerprint density at radius 2 is 0.674 bits per heavy atom. The van der Waals surface area contributed by atoms with Crippen LogP contribution >= 0.6 is 11.3 Å². The van der Waals surface area contributed by atoms with Crippen LogP contribution in [0.5, 0.6) is 0 Å². The number of hydrogen-bond acceptors (Lipinski definition) is 1. The maximum absolute atomic E-state index is 2.40. The van der Waals surface area contributed by atoms with Crippen LogP contribution in [0.15, 0.2) is 158 Å². The van der Waals surface area contributed by atoms with Gasteiger partial charge in [0.05, 0.1) is 0 Å². The van der Waals surface area contributed by atoms with Crippen LogP contribution in [0.3, 0.4) is 0 Å². The van der Waals surface area contributed by atoms with Gasteiger partial charge in [-0.15, -0.1) is 11.3 Å². The molecular weight excluding hydrogens is 537 g/mol. The van der Waals surface area contributed by atoms with Gasteiger partial charge in [0.15, 0.2) is 0 Å². The molecule has 0 bridgehead atoms. The highest BCUT2D eigenvalue weighted by atomic mass is 32.1. The number of rotatable bonds is 3. The smallest absolute Gasteiger partial charge is 0.0361 e. The Kier molecular flexibility index (Phi) is 5.47. The van der Waals surface area contributed by atoms with Crippen LogP contribution in [0.1, 0.15) is 0 Å². The van der Waals surface area contributed by atoms with Crippen LogP contribution in [0.25, 0.3) is 85.9 Å². The van der Waals surface area contributed by atoms with E-state index in [1.165, 1.54) is 85.9 Å². The minimum absolute atomic E-state index is 1.23. The van der Waals surface area contributed by atoms with Crippen molar-refractivity contribution in [1.29, 1.82) is 0 Å². The van der Waals surface area contributed by atoms with Gasteiger partial charge in [-0.3, -0.25) is 0 Å². The average Bonchev–Trinajstić information content (AvgIpc) is 3.46. The summed E-state index contributed by atoms with van der Waals surface area (Å²) in [6, 6.07) is 58.1. The molecule has 0 atom stereocenters. The van der Waals surface area contributed by atoms with E-state index >= 15 is 0 Å². The van der Waals surface area contributed by atoms with Gasteiger partial charge in [0, 0.05) is 20.2 Å². The third kappa shape index (κ3) is 3.97. The molecule has 0 unspecified atom stereocenters. The van der Waals surface area contributed by atoms with Gasteiger partial charge in [-0.1, -0.05) is 121 Å². The van der Waals surface area contributed by atoms with Crippen molar-refractivity contribution < 1.29 is 0 Å². The van der Waals surface area contributed by atoms with Gasteiger partial charge in [-0.25, -0.2) is 0 Å². The minimum atomic E-state index is 1.23. The van der Waals surface area contributed by atoms with Gasteiger partial charge < -0.3 is 0 Å². The molecule has 9 aromatic rings. The second-order valence-electron chi connectivity index (χ2n) is 11.3. The minimum Gasteiger partial charge on any atom is -0.135 e. The molecule has 0 amide bonds. The lowest BCUT2D eigenvalue weighted by atomic mass is 9.90. The largest absolute Gasteiger partial charge is 0.135 e. The third-order valence-electron chi connectivity index (χ3n) is 8.83. The molecule has 0 aliphatic carbocycles. The Morgan fingerprint density at radius 1 is 0.233 bits per heavy atom. The van der Waals surface area contributed by atoms with Gasteiger partial charge in [0.1, 0.15) is 0 Å². The standard InChI is InChI=1S/C42H26S/c1-2-10-27(11-3-1)30-22-31(24-32(23-30)29-19-21-39-38-16-8-9-17-41(38)43-42(39)26-29)28-18-20-37-35-14-5-4-12-33(35)34-13-6-7-15-36(34)40(37)25-28/h1-26H. The summed E-state index contributed by atoms with van der Waals surface area (Å²) < 4.78 is 2.67. The highest BCUT2D eigenvalue weighted by Gasteiger charge is 2.13. The second kappa shape index (κ2) is 9.66. The molecule has 0 N–H and O–H groups in total. The van der Waals surface area contributed by atoms with Gasteiger partial charge in [-0.05, 0) is 102 Å². The molecule has 0 saturated heterocycles. The van der Waals surface area contributed by atoms with E-state index in [-0.39, 0.29) is 0 Å². The highest BCUT2D eigenvalue weighted by molar-refractivity contribution is 7.25. The van der Waals surface area contributed by atoms with E-state index in [9.17, 15) is 0 Å². The van der Waals surface area contributed by atoms with Crippen molar-refractivity contribution in [2.75, 3.05) is 0 Å². The molecule has 0 fully saturated rings. The third-order valence-corrected chi connectivity index (χ3v) is 9.96. The van der Waals surface area contributed by atoms with Crippen molar-refractivity contribution in [3.8, 4) is 33.4 Å². The summed E-state index contributed by atoms with van der Waals surface area (Å²) in [5, 5.41) is 10.5. The summed E-state index contributed by atoms with van der Waals surface area (Å²) in [6.07, 6.45) is 0. The summed E-state index contributed by atoms with van der Waals surface area (Å²) in [5.41, 5.74) is 7.40. The molecule has 9 rings (SSSR count). The van der Waals surface area contributed by atoms with Crippen molar-refractivity contribution in [2.24, 2.45) is 0 Å². The summed E-state index contributed by atoms with van der Waals surface area (Å²) in [5.74, 6) is 0. The predicted molar refractivity (Wildman–Crippen MR) is 188 cm³/mol. The quantitative estimate of drug-likeness (QED) is 0.188. The number of benzene rings is 8. The first-order chi connectivity index (χ1) is 21.3. The fraction of sp³-hybridized carbons (Fsp3) is 0. The van der Waals surface area contributed by atoms with Crippen molar-refractivity contribution in [1.82, 2.24) is 0 Å². The van der Waals surface area contributed by atoms with Gasteiger partial charge >= 0.3 is 0 Å². The summed E-state index contributed by atoms with van der Waals surface area (Å²) in [6.45, 7) is 0. The fourth-order valence-corrected chi connectivity index (χ4v) is 7.90. The van der Waals surface area contributed by atoms with Crippen LogP contribution in [0.2, 0.25) is 0 Å². The zero-order valence-corrected chi connectivity index (χ0v) is 24.2. The van der Waals surface area contributed by atoms with E-state index in [4.69, 9.17) is 0 Å². The Bertz CT molecular complexity index is 2460. The van der Waals surface area contributed by atoms with E-state index < -0.39 is 0 Å². The van der Waals surface area contributed by atoms with E-state index in [1.54, 1.807) is 0 Å². The fourth-order valence-electron chi connectivity index (χ4n) is 6.75. The number of hydrogen-bond donors (Lipinski definition) is 0. The van der Waals surface area contributed by atoms with E-state index in [2.05, 4.69) is 158 Å². The lowest BCUT2D eigenvalue weighted by Gasteiger charge is -2.14. The molecule has 1 heteroatoms. The Hall–Kier alpha value is -5.24. The Morgan fingerprint density at radius 3 is 1.33 bits per heavy atom. The van der Waals surface area contributed by atoms with E-state index in [1.807, 2.05) is 11.3 Å². The van der Waals surface area contributed by atoms with Crippen LogP contribution < -0.4 is 0 Å². The van der Waals surface area contributed by atoms with Crippen molar-refractivity contribution in [3.05, 3.63) is 158 Å². The molecule has 1 heterocycles. The van der Waals surface area contributed by atoms with Crippen molar-refractivity contribution in [2.45, 2.75) is 0 Å². The lowest BCUT2D eigenvalue weighted by Crippen LogP contribution is -1.88. The molecule has 8 aromatic carbocycles. The predicted octanol–water partition coefficient (Wildman–Crippen LogP) is 12.5. The zero-order valence-electron chi connectivity index (χ0n) is 23.4. The molecule has 0 aliphatic heterocycles. The highest BCUT2D eigenvalue weighted by Crippen LogP contribution is 2.40. The first kappa shape index (κ1) is 24.4. The van der Waals surface area contributed by atoms with E-state index in [0.717, 1.165) is 0 Å². The Balaban J connectivity index is 1.28. The normalized spacial score (nSPS) is 11.7. The summed E-state index contributed by atoms with van der Waals surface area (Å²) >= 11 is 1.88. The first-order valence-corrected chi connectivity index (χ1v) is 15.6. The van der Waals surface area contributed by atoms with Crippen LogP contribution in [-0.4, -0.2) is 0 Å². The van der Waals surface area contributed by atoms with Gasteiger partial charge in [0.25, 0.3) is 0 Å². The maximum Gasteiger partial charge on any atom is 0.0361 e. The topological polar surface area (TPSA) is 0 Å². The van der Waals surface area contributed by atoms with Crippen LogP contribution in [-0.2, 0) is 0 Å². The molecule has 43 heavy (non-hydrogen) atoms. The van der Waals surface area contributed by atoms with Crippen LogP contribution in [0, 0.1) is 0 Å². The lowest BCUT2D eigenvalue weighted by molar-refractivity contribution is 1.58. The maximum atomic E-state index is 2.40. The second-order valence-corrected chi connectivity index (χ2v) is 12.4. The van der Waals surface area contributed by atoms with Crippen LogP contribution in [0.4, 0.5) is 0 Å². The summed E-state index contributed by atoms with van der Waals surface area (Å²) in [4.78, 5) is 0. The van der Waals surface area contributed by atoms with Crippen molar-refractivity contribution in [3.63, 3.8) is 0 Å². The summed E-state index contributed by atoms with van der Waals surface area (Å²) in [7, 11) is 0. The molecule has 1 aromatic heterocycles. The van der Waals surface area contributed by atoms with Crippen molar-refractivity contribution >= 4 is 63.8 Å². The monoisotopic (exact) mass is 562 g/mol. The molecule has 0 spiro atoms. The molecular formula is C42H26S. The molecule has 0 saturated carbocycles. The first-order valence-electron chi connectivity index (χ1n) is 14.8. The number of fused-ring (bicyclic) bond motifs is 9. The molecule has 200 valence electrons. The molecule has 0 radical (unpaired) electrons. The average molecular weight is 563 g/mol. The SMILES string of the molecule is c1ccc(-c2cc(-c3ccc4c(c3)sc3ccccc34)cc(-c3ccc4c5ccccc5c5ccccc5c4c3)c2)cc1. The Labute approximate surface area is 254 Å². The molecule has 0 aliphatic rings.